The van der Waals surface area contributed by atoms with Gasteiger partial charge in [-0.1, -0.05) is 6.07 Å². The number of hydrogen-bond donors (Lipinski definition) is 3. The van der Waals surface area contributed by atoms with Gasteiger partial charge in [0.05, 0.1) is 16.9 Å². The number of aryl methyl sites for hydroxylation is 1. The number of aliphatic carboxylic acids is 1. The van der Waals surface area contributed by atoms with Crippen LogP contribution in [0.15, 0.2) is 18.2 Å². The average molecular weight is 296 g/mol. The Labute approximate surface area is 120 Å². The molecule has 114 valence electrons. The molecule has 0 bridgehead atoms. The maximum absolute atomic E-state index is 11.9. The van der Waals surface area contributed by atoms with E-state index < -0.39 is 28.8 Å². The summed E-state index contributed by atoms with van der Waals surface area (Å²) in [5.41, 5.74) is -1.29. The summed E-state index contributed by atoms with van der Waals surface area (Å²) in [7, 11) is 0. The van der Waals surface area contributed by atoms with Crippen LogP contribution in [0.2, 0.25) is 0 Å². The normalized spacial score (nSPS) is 13.3. The molecule has 1 aromatic rings. The molecule has 1 atom stereocenters. The van der Waals surface area contributed by atoms with Gasteiger partial charge in [0.2, 0.25) is 0 Å². The van der Waals surface area contributed by atoms with Gasteiger partial charge in [0.15, 0.2) is 0 Å². The summed E-state index contributed by atoms with van der Waals surface area (Å²) in [4.78, 5) is 32.6. The second kappa shape index (κ2) is 6.31. The molecule has 1 unspecified atom stereocenters. The molecule has 1 rings (SSSR count). The third kappa shape index (κ3) is 4.84. The first-order valence-electron chi connectivity index (χ1n) is 6.10. The van der Waals surface area contributed by atoms with E-state index in [1.54, 1.807) is 6.92 Å². The molecule has 8 nitrogen and oxygen atoms in total. The van der Waals surface area contributed by atoms with E-state index in [1.807, 2.05) is 0 Å². The minimum absolute atomic E-state index is 0.0680. The van der Waals surface area contributed by atoms with E-state index in [0.29, 0.717) is 5.56 Å². The maximum atomic E-state index is 11.9. The number of rotatable bonds is 6. The molecule has 0 aliphatic rings. The molecule has 0 spiro atoms. The fourth-order valence-electron chi connectivity index (χ4n) is 1.71. The number of hydrogen-bond acceptors (Lipinski definition) is 5. The Morgan fingerprint density at radius 3 is 2.57 bits per heavy atom. The van der Waals surface area contributed by atoms with Crippen LogP contribution in [0.4, 0.5) is 5.69 Å². The molecule has 0 saturated carbocycles. The monoisotopic (exact) mass is 296 g/mol. The van der Waals surface area contributed by atoms with Gasteiger partial charge in [0, 0.05) is 23.7 Å². The van der Waals surface area contributed by atoms with Gasteiger partial charge in [-0.3, -0.25) is 19.7 Å². The predicted molar refractivity (Wildman–Crippen MR) is 73.0 cm³/mol. The van der Waals surface area contributed by atoms with Crippen LogP contribution in [0, 0.1) is 17.0 Å². The minimum Gasteiger partial charge on any atom is -0.481 e. The van der Waals surface area contributed by atoms with Crippen LogP contribution < -0.4 is 5.32 Å². The van der Waals surface area contributed by atoms with E-state index in [0.717, 1.165) is 6.07 Å². The lowest BCUT2D eigenvalue weighted by Gasteiger charge is -2.21. The average Bonchev–Trinajstić information content (AvgIpc) is 2.34. The first kappa shape index (κ1) is 16.6. The van der Waals surface area contributed by atoms with Crippen LogP contribution in [0.1, 0.15) is 29.3 Å². The molecule has 0 aliphatic carbocycles. The summed E-state index contributed by atoms with van der Waals surface area (Å²) in [5.74, 6) is -1.82. The van der Waals surface area contributed by atoms with Crippen molar-refractivity contribution in [2.24, 2.45) is 0 Å². The molecule has 1 aromatic carbocycles. The zero-order valence-corrected chi connectivity index (χ0v) is 11.6. The number of carboxylic acid groups (broad SMARTS) is 1. The second-order valence-corrected chi connectivity index (χ2v) is 5.01. The van der Waals surface area contributed by atoms with Gasteiger partial charge < -0.3 is 15.5 Å². The summed E-state index contributed by atoms with van der Waals surface area (Å²) >= 11 is 0. The van der Waals surface area contributed by atoms with Gasteiger partial charge in [0.1, 0.15) is 0 Å². The number of carbonyl (C=O) groups excluding carboxylic acids is 1. The Morgan fingerprint density at radius 1 is 1.43 bits per heavy atom. The van der Waals surface area contributed by atoms with E-state index in [9.17, 15) is 24.8 Å². The second-order valence-electron chi connectivity index (χ2n) is 5.01. The summed E-state index contributed by atoms with van der Waals surface area (Å²) in [6.45, 7) is 2.55. The highest BCUT2D eigenvalue weighted by atomic mass is 16.6. The highest BCUT2D eigenvalue weighted by molar-refractivity contribution is 5.95. The third-order valence-electron chi connectivity index (χ3n) is 2.83. The highest BCUT2D eigenvalue weighted by Crippen LogP contribution is 2.19. The lowest BCUT2D eigenvalue weighted by atomic mass is 10.0. The summed E-state index contributed by atoms with van der Waals surface area (Å²) in [5, 5.41) is 31.5. The van der Waals surface area contributed by atoms with Crippen molar-refractivity contribution >= 4 is 17.6 Å². The Hall–Kier alpha value is -2.48. The smallest absolute Gasteiger partial charge is 0.306 e. The standard InChI is InChI=1S/C13H16N2O6/c1-8-3-4-9(5-10(8)15(20)21)12(18)14-7-13(2,19)6-11(16)17/h3-5,19H,6-7H2,1-2H3,(H,14,18)(H,16,17). The van der Waals surface area contributed by atoms with Gasteiger partial charge >= 0.3 is 5.97 Å². The summed E-state index contributed by atoms with van der Waals surface area (Å²) in [6.07, 6.45) is -0.526. The van der Waals surface area contributed by atoms with E-state index in [4.69, 9.17) is 5.11 Å². The van der Waals surface area contributed by atoms with Crippen LogP contribution in [0.3, 0.4) is 0 Å². The van der Waals surface area contributed by atoms with Crippen LogP contribution in [-0.4, -0.2) is 39.2 Å². The molecule has 0 radical (unpaired) electrons. The van der Waals surface area contributed by atoms with E-state index in [2.05, 4.69) is 5.32 Å². The summed E-state index contributed by atoms with van der Waals surface area (Å²) < 4.78 is 0. The number of nitro benzene ring substituents is 1. The fourth-order valence-corrected chi connectivity index (χ4v) is 1.71. The lowest BCUT2D eigenvalue weighted by Crippen LogP contribution is -2.42. The van der Waals surface area contributed by atoms with Crippen LogP contribution in [0.5, 0.6) is 0 Å². The van der Waals surface area contributed by atoms with Crippen molar-refractivity contribution in [2.45, 2.75) is 25.9 Å². The van der Waals surface area contributed by atoms with Crippen molar-refractivity contribution in [3.63, 3.8) is 0 Å². The zero-order chi connectivity index (χ0) is 16.2. The molecule has 0 fully saturated rings. The molecule has 1 amide bonds. The molecule has 0 saturated heterocycles. The highest BCUT2D eigenvalue weighted by Gasteiger charge is 2.25. The number of nitro groups is 1. The number of benzene rings is 1. The number of aliphatic hydroxyl groups is 1. The molecular formula is C13H16N2O6. The molecule has 0 heterocycles. The Kier molecular flexibility index (Phi) is 4.98. The third-order valence-corrected chi connectivity index (χ3v) is 2.83. The molecular weight excluding hydrogens is 280 g/mol. The van der Waals surface area contributed by atoms with Gasteiger partial charge in [-0.05, 0) is 19.9 Å². The first-order valence-corrected chi connectivity index (χ1v) is 6.10. The van der Waals surface area contributed by atoms with Crippen molar-refractivity contribution < 1.29 is 24.7 Å². The Balaban J connectivity index is 2.79. The van der Waals surface area contributed by atoms with Crippen molar-refractivity contribution in [2.75, 3.05) is 6.54 Å². The Morgan fingerprint density at radius 2 is 2.05 bits per heavy atom. The quantitative estimate of drug-likeness (QED) is 0.527. The SMILES string of the molecule is Cc1ccc(C(=O)NCC(C)(O)CC(=O)O)cc1[N+](=O)[O-]. The first-order chi connectivity index (χ1) is 9.62. The molecule has 0 aliphatic heterocycles. The van der Waals surface area contributed by atoms with Crippen LogP contribution >= 0.6 is 0 Å². The van der Waals surface area contributed by atoms with E-state index in [1.165, 1.54) is 19.1 Å². The predicted octanol–water partition coefficient (Wildman–Crippen LogP) is 0.859. The van der Waals surface area contributed by atoms with Crippen molar-refractivity contribution in [3.8, 4) is 0 Å². The number of amides is 1. The molecule has 8 heteroatoms. The van der Waals surface area contributed by atoms with Crippen molar-refractivity contribution in [1.82, 2.24) is 5.32 Å². The van der Waals surface area contributed by atoms with Crippen LogP contribution in [-0.2, 0) is 4.79 Å². The maximum Gasteiger partial charge on any atom is 0.306 e. The van der Waals surface area contributed by atoms with E-state index in [-0.39, 0.29) is 17.8 Å². The minimum atomic E-state index is -1.60. The fraction of sp³-hybridized carbons (Fsp3) is 0.385. The largest absolute Gasteiger partial charge is 0.481 e. The number of carbonyl (C=O) groups is 2. The van der Waals surface area contributed by atoms with Gasteiger partial charge in [-0.2, -0.15) is 0 Å². The Bertz CT molecular complexity index is 582. The zero-order valence-electron chi connectivity index (χ0n) is 11.6. The molecule has 3 N–H and O–H groups in total. The number of nitrogens with zero attached hydrogens (tertiary/aromatic N) is 1. The van der Waals surface area contributed by atoms with Crippen molar-refractivity contribution in [3.05, 3.63) is 39.4 Å². The number of carboxylic acids is 1. The molecule has 0 aromatic heterocycles. The van der Waals surface area contributed by atoms with Crippen LogP contribution in [0.25, 0.3) is 0 Å². The van der Waals surface area contributed by atoms with Gasteiger partial charge in [0.25, 0.3) is 11.6 Å². The summed E-state index contributed by atoms with van der Waals surface area (Å²) in [6, 6.07) is 4.00. The topological polar surface area (TPSA) is 130 Å². The van der Waals surface area contributed by atoms with Gasteiger partial charge in [-0.25, -0.2) is 0 Å². The van der Waals surface area contributed by atoms with Crippen molar-refractivity contribution in [1.29, 1.82) is 0 Å². The van der Waals surface area contributed by atoms with E-state index >= 15 is 0 Å². The van der Waals surface area contributed by atoms with Gasteiger partial charge in [-0.15, -0.1) is 0 Å². The lowest BCUT2D eigenvalue weighted by molar-refractivity contribution is -0.385. The number of nitrogens with one attached hydrogen (secondary N) is 1. The molecule has 21 heavy (non-hydrogen) atoms.